The number of hydrogen-bond acceptors (Lipinski definition) is 3. The van der Waals surface area contributed by atoms with Crippen molar-refractivity contribution in [1.29, 1.82) is 0 Å². The molecule has 1 N–H and O–H groups in total. The number of carbonyl (C=O) groups excluding carboxylic acids is 2. The van der Waals surface area contributed by atoms with Crippen molar-refractivity contribution in [3.8, 4) is 5.75 Å². The summed E-state index contributed by atoms with van der Waals surface area (Å²) >= 11 is 0. The number of anilines is 1. The second kappa shape index (κ2) is 10.2. The van der Waals surface area contributed by atoms with Gasteiger partial charge in [-0.15, -0.1) is 0 Å². The molecule has 170 valence electrons. The van der Waals surface area contributed by atoms with Crippen molar-refractivity contribution in [3.05, 3.63) is 95.3 Å². The highest BCUT2D eigenvalue weighted by atomic mass is 19.1. The van der Waals surface area contributed by atoms with Gasteiger partial charge in [-0.2, -0.15) is 0 Å². The van der Waals surface area contributed by atoms with E-state index < -0.39 is 0 Å². The highest BCUT2D eigenvalue weighted by Gasteiger charge is 2.27. The van der Waals surface area contributed by atoms with E-state index in [1.165, 1.54) is 12.1 Å². The van der Waals surface area contributed by atoms with E-state index in [0.29, 0.717) is 37.4 Å². The number of benzene rings is 3. The average molecular weight is 448 g/mol. The smallest absolute Gasteiger partial charge is 0.324 e. The molecule has 0 aromatic heterocycles. The predicted octanol–water partition coefficient (Wildman–Crippen LogP) is 4.60. The monoisotopic (exact) mass is 447 g/mol. The number of amides is 3. The number of ether oxygens (including phenoxy) is 1. The molecule has 1 saturated heterocycles. The third-order valence-electron chi connectivity index (χ3n) is 5.61. The van der Waals surface area contributed by atoms with Crippen molar-refractivity contribution in [1.82, 2.24) is 10.2 Å². The minimum absolute atomic E-state index is 0.125. The molecule has 0 radical (unpaired) electrons. The van der Waals surface area contributed by atoms with E-state index in [-0.39, 0.29) is 17.8 Å². The number of nitrogens with zero attached hydrogens (tertiary/aromatic N) is 2. The molecule has 0 saturated carbocycles. The van der Waals surface area contributed by atoms with Gasteiger partial charge < -0.3 is 15.0 Å². The molecule has 1 heterocycles. The number of carbonyl (C=O) groups is 2. The van der Waals surface area contributed by atoms with Crippen molar-refractivity contribution in [3.63, 3.8) is 0 Å². The van der Waals surface area contributed by atoms with Crippen LogP contribution in [0.3, 0.4) is 0 Å². The zero-order valence-corrected chi connectivity index (χ0v) is 18.5. The second-order valence-corrected chi connectivity index (χ2v) is 7.92. The van der Waals surface area contributed by atoms with E-state index in [1.54, 1.807) is 47.2 Å². The summed E-state index contributed by atoms with van der Waals surface area (Å²) in [4.78, 5) is 29.3. The summed E-state index contributed by atoms with van der Waals surface area (Å²) in [6.45, 7) is 1.99. The first kappa shape index (κ1) is 22.3. The Labute approximate surface area is 192 Å². The first-order chi connectivity index (χ1) is 16.0. The van der Waals surface area contributed by atoms with Gasteiger partial charge in [0, 0.05) is 37.4 Å². The van der Waals surface area contributed by atoms with Crippen LogP contribution in [0.1, 0.15) is 27.9 Å². The summed E-state index contributed by atoms with van der Waals surface area (Å²) in [6, 6.07) is 20.6. The predicted molar refractivity (Wildman–Crippen MR) is 125 cm³/mol. The van der Waals surface area contributed by atoms with Crippen LogP contribution < -0.4 is 15.0 Å². The Bertz CT molecular complexity index is 1130. The van der Waals surface area contributed by atoms with E-state index in [1.807, 2.05) is 30.3 Å². The molecule has 3 aromatic rings. The Kier molecular flexibility index (Phi) is 6.88. The van der Waals surface area contributed by atoms with Crippen molar-refractivity contribution in [2.24, 2.45) is 0 Å². The fourth-order valence-electron chi connectivity index (χ4n) is 3.86. The van der Waals surface area contributed by atoms with Crippen LogP contribution in [0, 0.1) is 5.82 Å². The van der Waals surface area contributed by atoms with Gasteiger partial charge in [0.05, 0.1) is 7.11 Å². The number of urea groups is 1. The maximum atomic E-state index is 13.2. The lowest BCUT2D eigenvalue weighted by molar-refractivity contribution is 0.0950. The van der Waals surface area contributed by atoms with Crippen LogP contribution in [0.2, 0.25) is 0 Å². The van der Waals surface area contributed by atoms with Crippen LogP contribution in [0.25, 0.3) is 0 Å². The fraction of sp³-hybridized carbons (Fsp3) is 0.231. The van der Waals surface area contributed by atoms with E-state index in [2.05, 4.69) is 5.32 Å². The van der Waals surface area contributed by atoms with Gasteiger partial charge in [-0.1, -0.05) is 30.3 Å². The molecule has 1 aliphatic heterocycles. The molecule has 4 rings (SSSR count). The van der Waals surface area contributed by atoms with E-state index in [4.69, 9.17) is 4.74 Å². The van der Waals surface area contributed by atoms with Crippen LogP contribution >= 0.6 is 0 Å². The van der Waals surface area contributed by atoms with Gasteiger partial charge in [-0.05, 0) is 60.0 Å². The Morgan fingerprint density at radius 2 is 1.79 bits per heavy atom. The van der Waals surface area contributed by atoms with Crippen molar-refractivity contribution >= 4 is 17.6 Å². The highest BCUT2D eigenvalue weighted by Crippen LogP contribution is 2.23. The lowest BCUT2D eigenvalue weighted by atomic mass is 10.1. The number of methoxy groups -OCH3 is 1. The van der Waals surface area contributed by atoms with Gasteiger partial charge in [-0.3, -0.25) is 9.69 Å². The van der Waals surface area contributed by atoms with Gasteiger partial charge >= 0.3 is 6.03 Å². The van der Waals surface area contributed by atoms with Crippen LogP contribution in [0.5, 0.6) is 5.75 Å². The van der Waals surface area contributed by atoms with E-state index >= 15 is 0 Å². The molecule has 7 heteroatoms. The Hall–Kier alpha value is -3.87. The van der Waals surface area contributed by atoms with Crippen LogP contribution in [-0.4, -0.2) is 37.0 Å². The molecule has 0 aliphatic carbocycles. The van der Waals surface area contributed by atoms with Gasteiger partial charge in [0.2, 0.25) is 0 Å². The molecule has 0 atom stereocenters. The molecule has 3 aromatic carbocycles. The topological polar surface area (TPSA) is 61.9 Å². The molecule has 6 nitrogen and oxygen atoms in total. The third-order valence-corrected chi connectivity index (χ3v) is 5.61. The minimum Gasteiger partial charge on any atom is -0.497 e. The average Bonchev–Trinajstić information content (AvgIpc) is 2.85. The molecule has 0 spiro atoms. The highest BCUT2D eigenvalue weighted by molar-refractivity contribution is 5.98. The van der Waals surface area contributed by atoms with Gasteiger partial charge in [-0.25, -0.2) is 9.18 Å². The summed E-state index contributed by atoms with van der Waals surface area (Å²) in [5.41, 5.74) is 2.97. The number of halogens is 1. The van der Waals surface area contributed by atoms with E-state index in [0.717, 1.165) is 23.3 Å². The Morgan fingerprint density at radius 1 is 1.00 bits per heavy atom. The normalized spacial score (nSPS) is 13.7. The quantitative estimate of drug-likeness (QED) is 0.576. The Balaban J connectivity index is 1.43. The van der Waals surface area contributed by atoms with E-state index in [9.17, 15) is 14.0 Å². The molecule has 0 unspecified atom stereocenters. The molecule has 0 bridgehead atoms. The molecule has 1 aliphatic rings. The van der Waals surface area contributed by atoms with Crippen molar-refractivity contribution in [2.75, 3.05) is 25.1 Å². The first-order valence-electron chi connectivity index (χ1n) is 10.9. The summed E-state index contributed by atoms with van der Waals surface area (Å²) in [6.07, 6.45) is 0.805. The van der Waals surface area contributed by atoms with Crippen molar-refractivity contribution < 1.29 is 18.7 Å². The first-order valence-corrected chi connectivity index (χ1v) is 10.9. The zero-order chi connectivity index (χ0) is 23.2. The summed E-state index contributed by atoms with van der Waals surface area (Å²) < 4.78 is 18.4. The number of hydrogen-bond donors (Lipinski definition) is 1. The van der Waals surface area contributed by atoms with Crippen LogP contribution in [0.4, 0.5) is 14.9 Å². The minimum atomic E-state index is -0.299. The molecular weight excluding hydrogens is 421 g/mol. The summed E-state index contributed by atoms with van der Waals surface area (Å²) in [5.74, 6) is 0.219. The summed E-state index contributed by atoms with van der Waals surface area (Å²) in [5, 5.41) is 2.91. The van der Waals surface area contributed by atoms with Crippen molar-refractivity contribution in [2.45, 2.75) is 19.5 Å². The SMILES string of the molecule is COc1cccc(CNC(=O)c2cccc(N3CCCN(Cc4ccc(F)cc4)C3=O)c2)c1. The summed E-state index contributed by atoms with van der Waals surface area (Å²) in [7, 11) is 1.60. The number of nitrogens with one attached hydrogen (secondary N) is 1. The molecule has 1 fully saturated rings. The third kappa shape index (κ3) is 5.49. The second-order valence-electron chi connectivity index (χ2n) is 7.92. The molecule has 33 heavy (non-hydrogen) atoms. The zero-order valence-electron chi connectivity index (χ0n) is 18.5. The van der Waals surface area contributed by atoms with Gasteiger partial charge in [0.25, 0.3) is 5.91 Å². The number of rotatable bonds is 7. The lowest BCUT2D eigenvalue weighted by Gasteiger charge is -2.35. The fourth-order valence-corrected chi connectivity index (χ4v) is 3.86. The van der Waals surface area contributed by atoms with Crippen LogP contribution in [-0.2, 0) is 13.1 Å². The van der Waals surface area contributed by atoms with Gasteiger partial charge in [0.1, 0.15) is 11.6 Å². The lowest BCUT2D eigenvalue weighted by Crippen LogP contribution is -2.49. The maximum Gasteiger partial charge on any atom is 0.324 e. The standard InChI is InChI=1S/C26H26FN3O3/c1-33-24-8-2-5-20(15-24)17-28-25(31)21-6-3-7-23(16-21)30-14-4-13-29(26(30)32)18-19-9-11-22(27)12-10-19/h2-3,5-12,15-16H,4,13-14,17-18H2,1H3,(H,28,31). The largest absolute Gasteiger partial charge is 0.497 e. The van der Waals surface area contributed by atoms with Crippen LogP contribution in [0.15, 0.2) is 72.8 Å². The Morgan fingerprint density at radius 3 is 2.58 bits per heavy atom. The molecule has 3 amide bonds. The molecular formula is C26H26FN3O3. The van der Waals surface area contributed by atoms with Gasteiger partial charge in [0.15, 0.2) is 0 Å². The maximum absolute atomic E-state index is 13.2.